The van der Waals surface area contributed by atoms with Crippen LogP contribution in [-0.4, -0.2) is 10.9 Å². The molecule has 0 atom stereocenters. The molecule has 1 N–H and O–H groups in total. The number of carbonyl (C=O) groups excluding carboxylic acids is 1. The molecule has 0 saturated heterocycles. The Kier molecular flexibility index (Phi) is 3.36. The average Bonchev–Trinajstić information content (AvgIpc) is 2.86. The summed E-state index contributed by atoms with van der Waals surface area (Å²) in [6.45, 7) is 4.17. The highest BCUT2D eigenvalue weighted by Crippen LogP contribution is 2.25. The molecule has 2 rings (SSSR count). The Morgan fingerprint density at radius 3 is 2.81 bits per heavy atom. The molecule has 3 nitrogen and oxygen atoms in total. The van der Waals surface area contributed by atoms with Gasteiger partial charge in [0, 0.05) is 11.6 Å². The monoisotopic (exact) mass is 252 g/mol. The highest BCUT2D eigenvalue weighted by Gasteiger charge is 2.15. The van der Waals surface area contributed by atoms with Gasteiger partial charge in [-0.3, -0.25) is 10.1 Å². The number of thiazole rings is 1. The minimum atomic E-state index is -0.0614. The van der Waals surface area contributed by atoms with E-state index in [9.17, 15) is 4.79 Å². The predicted octanol–water partition coefficient (Wildman–Crippen LogP) is 3.58. The molecular weight excluding hydrogens is 240 g/mol. The summed E-state index contributed by atoms with van der Waals surface area (Å²) in [5.41, 5.74) is 1.10. The van der Waals surface area contributed by atoms with E-state index in [0.717, 1.165) is 10.4 Å². The number of hydrogen-bond acceptors (Lipinski definition) is 4. The second kappa shape index (κ2) is 4.76. The highest BCUT2D eigenvalue weighted by molar-refractivity contribution is 7.14. The Bertz CT molecular complexity index is 474. The summed E-state index contributed by atoms with van der Waals surface area (Å²) < 4.78 is 0. The maximum Gasteiger partial charge on any atom is 0.267 e. The van der Waals surface area contributed by atoms with Crippen LogP contribution in [0.1, 0.15) is 35.0 Å². The van der Waals surface area contributed by atoms with Gasteiger partial charge in [-0.25, -0.2) is 4.98 Å². The van der Waals surface area contributed by atoms with Crippen molar-refractivity contribution >= 4 is 33.7 Å². The molecule has 2 aromatic heterocycles. The van der Waals surface area contributed by atoms with E-state index in [0.29, 0.717) is 11.0 Å². The fraction of sp³-hybridized carbons (Fsp3) is 0.273. The first-order valence-electron chi connectivity index (χ1n) is 4.96. The van der Waals surface area contributed by atoms with Gasteiger partial charge in [0.05, 0.1) is 4.88 Å². The first-order chi connectivity index (χ1) is 7.68. The quantitative estimate of drug-likeness (QED) is 0.907. The second-order valence-electron chi connectivity index (χ2n) is 3.65. The Morgan fingerprint density at radius 1 is 1.38 bits per heavy atom. The van der Waals surface area contributed by atoms with Crippen LogP contribution < -0.4 is 5.32 Å². The molecule has 0 spiro atoms. The van der Waals surface area contributed by atoms with Crippen LogP contribution in [0.15, 0.2) is 23.0 Å². The van der Waals surface area contributed by atoms with E-state index in [1.807, 2.05) is 16.8 Å². The molecule has 5 heteroatoms. The Labute approximate surface area is 102 Å². The smallest absolute Gasteiger partial charge is 0.267 e. The Balaban J connectivity index is 2.18. The number of nitrogens with zero attached hydrogens (tertiary/aromatic N) is 1. The van der Waals surface area contributed by atoms with Gasteiger partial charge in [0.25, 0.3) is 5.91 Å². The van der Waals surface area contributed by atoms with Crippen molar-refractivity contribution in [1.29, 1.82) is 0 Å². The third-order valence-electron chi connectivity index (χ3n) is 2.18. The van der Waals surface area contributed by atoms with Crippen molar-refractivity contribution in [1.82, 2.24) is 4.98 Å². The molecule has 0 aliphatic carbocycles. The lowest BCUT2D eigenvalue weighted by atomic mass is 10.0. The molecule has 0 unspecified atom stereocenters. The minimum Gasteiger partial charge on any atom is -0.297 e. The average molecular weight is 252 g/mol. The number of rotatable bonds is 3. The van der Waals surface area contributed by atoms with Gasteiger partial charge in [-0.15, -0.1) is 22.7 Å². The highest BCUT2D eigenvalue weighted by atomic mass is 32.1. The molecule has 0 radical (unpaired) electrons. The van der Waals surface area contributed by atoms with E-state index in [-0.39, 0.29) is 5.91 Å². The molecule has 1 amide bonds. The molecular formula is C11H12N2OS2. The number of hydrogen-bond donors (Lipinski definition) is 1. The summed E-state index contributed by atoms with van der Waals surface area (Å²) in [5.74, 6) is 0.303. The number of amides is 1. The van der Waals surface area contributed by atoms with Crippen LogP contribution in [0.25, 0.3) is 0 Å². The summed E-state index contributed by atoms with van der Waals surface area (Å²) in [6.07, 6.45) is 1.68. The van der Waals surface area contributed by atoms with Gasteiger partial charge in [-0.1, -0.05) is 13.8 Å². The molecule has 0 aromatic carbocycles. The summed E-state index contributed by atoms with van der Waals surface area (Å²) in [5, 5.41) is 7.24. The van der Waals surface area contributed by atoms with Crippen LogP contribution in [0.5, 0.6) is 0 Å². The summed E-state index contributed by atoms with van der Waals surface area (Å²) in [6, 6.07) is 2.01. The fourth-order valence-corrected chi connectivity index (χ4v) is 2.87. The van der Waals surface area contributed by atoms with Crippen LogP contribution in [-0.2, 0) is 0 Å². The van der Waals surface area contributed by atoms with Gasteiger partial charge in [0.1, 0.15) is 0 Å². The predicted molar refractivity (Wildman–Crippen MR) is 68.5 cm³/mol. The molecule has 84 valence electrons. The van der Waals surface area contributed by atoms with E-state index in [1.54, 1.807) is 6.20 Å². The summed E-state index contributed by atoms with van der Waals surface area (Å²) >= 11 is 2.90. The van der Waals surface area contributed by atoms with E-state index < -0.39 is 0 Å². The van der Waals surface area contributed by atoms with Crippen molar-refractivity contribution in [2.45, 2.75) is 19.8 Å². The van der Waals surface area contributed by atoms with Gasteiger partial charge in [0.2, 0.25) is 0 Å². The van der Waals surface area contributed by atoms with Crippen LogP contribution in [0.4, 0.5) is 5.13 Å². The maximum absolute atomic E-state index is 12.0. The lowest BCUT2D eigenvalue weighted by Gasteiger charge is -2.06. The lowest BCUT2D eigenvalue weighted by Crippen LogP contribution is -2.12. The number of anilines is 1. The van der Waals surface area contributed by atoms with E-state index in [4.69, 9.17) is 0 Å². The summed E-state index contributed by atoms with van der Waals surface area (Å²) in [4.78, 5) is 16.8. The first-order valence-corrected chi connectivity index (χ1v) is 6.72. The van der Waals surface area contributed by atoms with Crippen molar-refractivity contribution in [3.8, 4) is 0 Å². The lowest BCUT2D eigenvalue weighted by molar-refractivity contribution is 0.102. The first kappa shape index (κ1) is 11.3. The van der Waals surface area contributed by atoms with Gasteiger partial charge in [-0.2, -0.15) is 0 Å². The van der Waals surface area contributed by atoms with Crippen LogP contribution in [0.3, 0.4) is 0 Å². The van der Waals surface area contributed by atoms with Gasteiger partial charge >= 0.3 is 0 Å². The standard InChI is InChI=1S/C11H12N2OS2/c1-7(2)8-3-5-15-9(8)10(14)13-11-12-4-6-16-11/h3-7H,1-2H3,(H,12,13,14). The zero-order valence-corrected chi connectivity index (χ0v) is 10.7. The SMILES string of the molecule is CC(C)c1ccsc1C(=O)Nc1nccs1. The molecule has 0 aliphatic heterocycles. The second-order valence-corrected chi connectivity index (χ2v) is 5.46. The van der Waals surface area contributed by atoms with Gasteiger partial charge < -0.3 is 0 Å². The molecule has 0 aliphatic rings. The molecule has 0 fully saturated rings. The molecule has 2 heterocycles. The van der Waals surface area contributed by atoms with Crippen LogP contribution in [0.2, 0.25) is 0 Å². The number of thiophene rings is 1. The van der Waals surface area contributed by atoms with Crippen LogP contribution >= 0.6 is 22.7 Å². The van der Waals surface area contributed by atoms with Gasteiger partial charge in [-0.05, 0) is 22.9 Å². The summed E-state index contributed by atoms with van der Waals surface area (Å²) in [7, 11) is 0. The molecule has 0 bridgehead atoms. The Hall–Kier alpha value is -1.20. The normalized spacial score (nSPS) is 10.7. The zero-order chi connectivity index (χ0) is 11.5. The third kappa shape index (κ3) is 2.31. The van der Waals surface area contributed by atoms with E-state index in [2.05, 4.69) is 24.1 Å². The van der Waals surface area contributed by atoms with Crippen LogP contribution in [0, 0.1) is 0 Å². The number of nitrogens with one attached hydrogen (secondary N) is 1. The fourth-order valence-electron chi connectivity index (χ4n) is 1.40. The number of aromatic nitrogens is 1. The van der Waals surface area contributed by atoms with Crippen molar-refractivity contribution < 1.29 is 4.79 Å². The molecule has 0 saturated carbocycles. The van der Waals surface area contributed by atoms with Crippen molar-refractivity contribution in [2.75, 3.05) is 5.32 Å². The maximum atomic E-state index is 12.0. The van der Waals surface area contributed by atoms with Crippen molar-refractivity contribution in [3.63, 3.8) is 0 Å². The molecule has 2 aromatic rings. The Morgan fingerprint density at radius 2 is 2.19 bits per heavy atom. The van der Waals surface area contributed by atoms with E-state index >= 15 is 0 Å². The van der Waals surface area contributed by atoms with Gasteiger partial charge in [0.15, 0.2) is 5.13 Å². The topological polar surface area (TPSA) is 42.0 Å². The number of carbonyl (C=O) groups is 1. The largest absolute Gasteiger partial charge is 0.297 e. The van der Waals surface area contributed by atoms with E-state index in [1.165, 1.54) is 22.7 Å². The zero-order valence-electron chi connectivity index (χ0n) is 9.06. The van der Waals surface area contributed by atoms with Crippen molar-refractivity contribution in [2.24, 2.45) is 0 Å². The third-order valence-corrected chi connectivity index (χ3v) is 3.79. The van der Waals surface area contributed by atoms with Crippen molar-refractivity contribution in [3.05, 3.63) is 33.5 Å². The minimum absolute atomic E-state index is 0.0614. The molecule has 16 heavy (non-hydrogen) atoms.